The molecule has 0 saturated carbocycles. The molecule has 1 N–H and O–H groups in total. The van der Waals surface area contributed by atoms with E-state index in [-0.39, 0.29) is 66.5 Å². The van der Waals surface area contributed by atoms with Gasteiger partial charge in [-0.2, -0.15) is 0 Å². The van der Waals surface area contributed by atoms with Gasteiger partial charge in [-0.05, 0) is 99.4 Å². The summed E-state index contributed by atoms with van der Waals surface area (Å²) in [6.07, 6.45) is -0.573. The Kier molecular flexibility index (Phi) is 7.88. The third-order valence-electron chi connectivity index (χ3n) is 10.2. The van der Waals surface area contributed by atoms with Crippen molar-refractivity contribution in [2.45, 2.75) is 72.5 Å². The number of hydrogen-bond donors (Lipinski definition) is 1. The van der Waals surface area contributed by atoms with Crippen molar-refractivity contribution in [3.05, 3.63) is 168 Å². The second kappa shape index (κ2) is 16.4. The van der Waals surface area contributed by atoms with E-state index >= 15 is 0 Å². The van der Waals surface area contributed by atoms with E-state index in [1.807, 2.05) is 77.1 Å². The fourth-order valence-electron chi connectivity index (χ4n) is 6.98. The monoisotopic (exact) mass is 951 g/mol. The molecule has 0 radical (unpaired) electrons. The zero-order valence-corrected chi connectivity index (χ0v) is 35.6. The van der Waals surface area contributed by atoms with Gasteiger partial charge in [-0.15, -0.1) is 29.3 Å². The molecule has 0 unspecified atom stereocenters. The van der Waals surface area contributed by atoms with Crippen LogP contribution in [0.3, 0.4) is 0 Å². The molecule has 0 amide bonds. The Morgan fingerprint density at radius 2 is 1.50 bits per heavy atom. The number of aryl methyl sites for hydroxylation is 1. The summed E-state index contributed by atoms with van der Waals surface area (Å²) in [6, 6.07) is 26.3. The van der Waals surface area contributed by atoms with Gasteiger partial charge in [0.2, 0.25) is 0 Å². The summed E-state index contributed by atoms with van der Waals surface area (Å²) < 4.78 is 106. The van der Waals surface area contributed by atoms with Crippen LogP contribution in [0.2, 0.25) is 0 Å². The van der Waals surface area contributed by atoms with Crippen molar-refractivity contribution >= 4 is 11.0 Å². The predicted molar refractivity (Wildman–Crippen MR) is 238 cm³/mol. The molecule has 2 heterocycles. The quantitative estimate of drug-likeness (QED) is 0.154. The number of phenols is 1. The number of rotatable bonds is 8. The maximum atomic E-state index is 11.4. The summed E-state index contributed by atoms with van der Waals surface area (Å²) >= 11 is 0. The van der Waals surface area contributed by atoms with Crippen LogP contribution in [0.15, 0.2) is 139 Å². The molecule has 0 bridgehead atoms. The maximum absolute atomic E-state index is 11.4. The van der Waals surface area contributed by atoms with Gasteiger partial charge in [0.15, 0.2) is 0 Å². The molecule has 0 aliphatic rings. The van der Waals surface area contributed by atoms with Crippen LogP contribution < -0.4 is 0 Å². The van der Waals surface area contributed by atoms with Crippen LogP contribution in [-0.4, -0.2) is 19.6 Å². The van der Waals surface area contributed by atoms with Gasteiger partial charge >= 0.3 is 0 Å². The molecule has 294 valence electrons. The van der Waals surface area contributed by atoms with Gasteiger partial charge in [-0.1, -0.05) is 144 Å². The predicted octanol–water partition coefficient (Wildman–Crippen LogP) is 14.1. The van der Waals surface area contributed by atoms with E-state index in [1.54, 1.807) is 47.0 Å². The van der Waals surface area contributed by atoms with E-state index in [0.717, 1.165) is 22.3 Å². The Hall–Kier alpha value is -5.57. The molecule has 0 saturated heterocycles. The number of imidazole rings is 1. The molecular weight excluding hydrogens is 890 g/mol. The molecule has 0 aliphatic carbocycles. The van der Waals surface area contributed by atoms with Crippen molar-refractivity contribution in [2.75, 3.05) is 0 Å². The Bertz CT molecular complexity index is 3360. The van der Waals surface area contributed by atoms with E-state index in [1.165, 1.54) is 6.07 Å². The van der Waals surface area contributed by atoms with E-state index in [9.17, 15) is 6.48 Å². The maximum Gasteiger partial charge on any atom is 0.148 e. The fourth-order valence-corrected chi connectivity index (χ4v) is 6.98. The minimum atomic E-state index is -2.63. The fraction of sp³-hybridized carbons (Fsp3) is 0.208. The summed E-state index contributed by atoms with van der Waals surface area (Å²) in [6.45, 7) is 11.1. The third kappa shape index (κ3) is 7.96. The Labute approximate surface area is 374 Å². The minimum Gasteiger partial charge on any atom is -0.507 e. The molecular formula is C53H50N3OPt-. The molecule has 8 rings (SSSR count). The Morgan fingerprint density at radius 1 is 0.759 bits per heavy atom. The number of pyridine rings is 1. The number of phenolic OH excluding ortho intramolecular Hbond substituents is 1. The van der Waals surface area contributed by atoms with E-state index < -0.39 is 66.6 Å². The number of para-hydroxylation sites is 2. The average Bonchev–Trinajstić information content (AvgIpc) is 3.68. The number of aromatic nitrogens is 3. The van der Waals surface area contributed by atoms with Crippen molar-refractivity contribution in [2.24, 2.45) is 0 Å². The standard InChI is InChI=1S/C53H50N3O.Pt/c1-33(2)39-26-40(34(3)4)28-41(27-39)37-21-22-48(35(5)25-37)56-49-19-14-18-45(51(49)55-52(56)46-17-12-13-20-50(46)57)42-29-43(31-44(30-42)53(6,7)8)47-32-38(23-24-54-47)36-15-10-9-11-16-36;/h9-28,30-34,57H,1-8H3;/q-1;/i5D3,9D,10D,11D,15D,16D,23D,24D,32D,33D;. The van der Waals surface area contributed by atoms with Crippen molar-refractivity contribution < 1.29 is 42.6 Å². The second-order valence-electron chi connectivity index (χ2n) is 15.8. The number of fused-ring (bicyclic) bond motifs is 1. The molecule has 0 aliphatic heterocycles. The first-order chi connectivity index (χ1) is 32.2. The van der Waals surface area contributed by atoms with Gasteiger partial charge in [-0.25, -0.2) is 4.98 Å². The summed E-state index contributed by atoms with van der Waals surface area (Å²) in [5.41, 5.74) is 5.49. The number of benzene rings is 6. The summed E-state index contributed by atoms with van der Waals surface area (Å²) in [7, 11) is 0. The van der Waals surface area contributed by atoms with Gasteiger partial charge in [-0.3, -0.25) is 9.55 Å². The first-order valence-corrected chi connectivity index (χ1v) is 18.9. The van der Waals surface area contributed by atoms with Gasteiger partial charge in [0.1, 0.15) is 11.6 Å². The summed E-state index contributed by atoms with van der Waals surface area (Å²) in [4.78, 5) is 9.55. The SMILES string of the molecule is [2H]c1nc(-c2[c-]c(-c3cccc4c3nc(-c3ccccc3O)n4-c3ccc(-c4cc(C(C)C)cc(C([2H])(C)C)c4)cc3C([2H])([2H])[2H])cc(C(C)(C)C)c2)c([2H])c(-c2c([2H])c([2H])c([2H])c([2H])c2[2H])c1[2H].[Pt]. The van der Waals surface area contributed by atoms with Crippen molar-refractivity contribution in [1.82, 2.24) is 14.5 Å². The molecule has 2 aromatic heterocycles. The Morgan fingerprint density at radius 3 is 2.22 bits per heavy atom. The number of aromatic hydroxyl groups is 1. The first-order valence-electron chi connectivity index (χ1n) is 24.9. The summed E-state index contributed by atoms with van der Waals surface area (Å²) in [5.74, 6) is -0.596. The van der Waals surface area contributed by atoms with Crippen LogP contribution in [0.25, 0.3) is 72.7 Å². The Balaban J connectivity index is 0.00000722. The van der Waals surface area contributed by atoms with Gasteiger partial charge in [0, 0.05) is 38.4 Å². The van der Waals surface area contributed by atoms with Gasteiger partial charge in [0.05, 0.1) is 33.3 Å². The molecule has 5 heteroatoms. The zero-order valence-electron chi connectivity index (χ0n) is 45.3. The molecule has 4 nitrogen and oxygen atoms in total. The van der Waals surface area contributed by atoms with Crippen LogP contribution in [0, 0.1) is 12.9 Å². The second-order valence-corrected chi connectivity index (χ2v) is 15.8. The van der Waals surface area contributed by atoms with Crippen LogP contribution in [0.4, 0.5) is 0 Å². The van der Waals surface area contributed by atoms with E-state index in [2.05, 4.69) is 24.9 Å². The van der Waals surface area contributed by atoms with E-state index in [4.69, 9.17) is 20.1 Å². The molecule has 6 aromatic carbocycles. The van der Waals surface area contributed by atoms with Crippen molar-refractivity contribution in [3.8, 4) is 67.5 Å². The topological polar surface area (TPSA) is 50.9 Å². The largest absolute Gasteiger partial charge is 0.507 e. The van der Waals surface area contributed by atoms with Crippen LogP contribution in [0.1, 0.15) is 99.0 Å². The summed E-state index contributed by atoms with van der Waals surface area (Å²) in [5, 5.41) is 11.4. The number of nitrogens with zero attached hydrogens (tertiary/aromatic N) is 3. The van der Waals surface area contributed by atoms with E-state index in [0.29, 0.717) is 39.0 Å². The normalized spacial score (nSPS) is 15.0. The molecule has 58 heavy (non-hydrogen) atoms. The smallest absolute Gasteiger partial charge is 0.148 e. The van der Waals surface area contributed by atoms with Crippen LogP contribution >= 0.6 is 0 Å². The third-order valence-corrected chi connectivity index (χ3v) is 10.2. The van der Waals surface area contributed by atoms with Crippen molar-refractivity contribution in [1.29, 1.82) is 0 Å². The molecule has 0 fully saturated rings. The molecule has 0 spiro atoms. The van der Waals surface area contributed by atoms with Crippen LogP contribution in [0.5, 0.6) is 5.75 Å². The molecule has 8 aromatic rings. The van der Waals surface area contributed by atoms with Crippen LogP contribution in [-0.2, 0) is 26.5 Å². The van der Waals surface area contributed by atoms with Gasteiger partial charge < -0.3 is 5.11 Å². The van der Waals surface area contributed by atoms with Gasteiger partial charge in [0.25, 0.3) is 0 Å². The zero-order chi connectivity index (χ0) is 50.4. The minimum absolute atomic E-state index is 0. The first kappa shape index (κ1) is 28.0. The molecule has 0 atom stereocenters. The van der Waals surface area contributed by atoms with Crippen molar-refractivity contribution in [3.63, 3.8) is 0 Å². The average molecular weight is 952 g/mol. The number of hydrogen-bond acceptors (Lipinski definition) is 3.